The number of rotatable bonds is 7. The fraction of sp³-hybridized carbons (Fsp3) is 0.136. The average Bonchev–Trinajstić information content (AvgIpc) is 3.23. The third-order valence-electron chi connectivity index (χ3n) is 4.72. The summed E-state index contributed by atoms with van der Waals surface area (Å²) in [6.45, 7) is 2.01. The Bertz CT molecular complexity index is 1310. The molecule has 0 saturated carbocycles. The molecule has 4 rings (SSSR count). The van der Waals surface area contributed by atoms with Gasteiger partial charge in [-0.1, -0.05) is 41.6 Å². The minimum absolute atomic E-state index is 0.399. The zero-order chi connectivity index (χ0) is 22.7. The highest BCUT2D eigenvalue weighted by Gasteiger charge is 2.26. The SMILES string of the molecule is Cc1ccc(-n2c(SCc3ccc(S(=O)(=O)C(F)F)cc3)nnc2-c2ccncc2)cc1. The first-order valence-electron chi connectivity index (χ1n) is 9.53. The zero-order valence-electron chi connectivity index (χ0n) is 16.9. The first kappa shape index (κ1) is 22.1. The Balaban J connectivity index is 1.63. The fourth-order valence-electron chi connectivity index (χ4n) is 3.00. The van der Waals surface area contributed by atoms with Crippen molar-refractivity contribution in [3.05, 3.63) is 84.2 Å². The van der Waals surface area contributed by atoms with E-state index in [0.717, 1.165) is 22.4 Å². The molecule has 32 heavy (non-hydrogen) atoms. The molecule has 6 nitrogen and oxygen atoms in total. The third kappa shape index (κ3) is 4.56. The summed E-state index contributed by atoms with van der Waals surface area (Å²) in [6.07, 6.45) is 3.37. The molecule has 0 aliphatic rings. The van der Waals surface area contributed by atoms with Crippen LogP contribution in [0.2, 0.25) is 0 Å². The van der Waals surface area contributed by atoms with Crippen molar-refractivity contribution in [2.24, 2.45) is 0 Å². The molecule has 10 heteroatoms. The van der Waals surface area contributed by atoms with E-state index in [0.29, 0.717) is 16.7 Å². The van der Waals surface area contributed by atoms with Gasteiger partial charge < -0.3 is 0 Å². The number of benzene rings is 2. The van der Waals surface area contributed by atoms with Gasteiger partial charge in [-0.05, 0) is 48.9 Å². The minimum atomic E-state index is -4.61. The summed E-state index contributed by atoms with van der Waals surface area (Å²) in [4.78, 5) is 3.65. The lowest BCUT2D eigenvalue weighted by atomic mass is 10.2. The molecule has 0 spiro atoms. The first-order valence-corrected chi connectivity index (χ1v) is 12.1. The molecular formula is C22H18F2N4O2S2. The normalized spacial score (nSPS) is 11.8. The summed E-state index contributed by atoms with van der Waals surface area (Å²) in [7, 11) is -4.61. The number of pyridine rings is 1. The third-order valence-corrected chi connectivity index (χ3v) is 7.12. The highest BCUT2D eigenvalue weighted by molar-refractivity contribution is 7.98. The van der Waals surface area contributed by atoms with Crippen molar-refractivity contribution in [3.8, 4) is 17.1 Å². The summed E-state index contributed by atoms with van der Waals surface area (Å²) in [5, 5.41) is 9.36. The number of thioether (sulfide) groups is 1. The Morgan fingerprint density at radius 1 is 0.938 bits per heavy atom. The van der Waals surface area contributed by atoms with Crippen LogP contribution in [0.3, 0.4) is 0 Å². The quantitative estimate of drug-likeness (QED) is 0.355. The predicted molar refractivity (Wildman–Crippen MR) is 119 cm³/mol. The van der Waals surface area contributed by atoms with Gasteiger partial charge in [0, 0.05) is 29.4 Å². The molecule has 0 fully saturated rings. The van der Waals surface area contributed by atoms with Gasteiger partial charge in [0.2, 0.25) is 9.84 Å². The van der Waals surface area contributed by atoms with Crippen molar-refractivity contribution >= 4 is 21.6 Å². The fourth-order valence-corrected chi connectivity index (χ4v) is 4.63. The Kier molecular flexibility index (Phi) is 6.33. The van der Waals surface area contributed by atoms with Gasteiger partial charge in [0.15, 0.2) is 11.0 Å². The number of aromatic nitrogens is 4. The molecule has 2 aromatic heterocycles. The number of hydrogen-bond acceptors (Lipinski definition) is 6. The number of aryl methyl sites for hydroxylation is 1. The van der Waals surface area contributed by atoms with Gasteiger partial charge in [0.05, 0.1) is 4.90 Å². The van der Waals surface area contributed by atoms with E-state index in [1.165, 1.54) is 36.0 Å². The van der Waals surface area contributed by atoms with Crippen molar-refractivity contribution in [1.29, 1.82) is 0 Å². The largest absolute Gasteiger partial charge is 0.341 e. The summed E-state index contributed by atoms with van der Waals surface area (Å²) in [6, 6.07) is 17.1. The van der Waals surface area contributed by atoms with Crippen LogP contribution < -0.4 is 0 Å². The highest BCUT2D eigenvalue weighted by atomic mass is 32.2. The maximum Gasteiger partial charge on any atom is 0.341 e. The standard InChI is InChI=1S/C22H18F2N4O2S2/c1-15-2-6-18(7-3-15)28-20(17-10-12-25-13-11-17)26-27-22(28)31-14-16-4-8-19(9-5-16)32(29,30)21(23)24/h2-13,21H,14H2,1H3. The van der Waals surface area contributed by atoms with Gasteiger partial charge in [0.1, 0.15) is 0 Å². The lowest BCUT2D eigenvalue weighted by molar-refractivity contribution is 0.234. The van der Waals surface area contributed by atoms with Crippen LogP contribution in [0.25, 0.3) is 17.1 Å². The number of sulfone groups is 1. The van der Waals surface area contributed by atoms with E-state index in [1.807, 2.05) is 47.9 Å². The molecule has 4 aromatic rings. The van der Waals surface area contributed by atoms with Crippen molar-refractivity contribution in [2.75, 3.05) is 0 Å². The Morgan fingerprint density at radius 3 is 2.22 bits per heavy atom. The number of nitrogens with zero attached hydrogens (tertiary/aromatic N) is 4. The molecule has 0 amide bonds. The van der Waals surface area contributed by atoms with Crippen LogP contribution in [0.1, 0.15) is 11.1 Å². The molecule has 0 saturated heterocycles. The molecule has 0 N–H and O–H groups in total. The van der Waals surface area contributed by atoms with E-state index >= 15 is 0 Å². The minimum Gasteiger partial charge on any atom is -0.270 e. The van der Waals surface area contributed by atoms with E-state index in [2.05, 4.69) is 15.2 Å². The summed E-state index contributed by atoms with van der Waals surface area (Å²) in [5.41, 5.74) is 3.65. The Hall–Kier alpha value is -3.11. The van der Waals surface area contributed by atoms with Gasteiger partial charge in [-0.25, -0.2) is 8.42 Å². The maximum absolute atomic E-state index is 12.7. The molecule has 164 valence electrons. The second-order valence-electron chi connectivity index (χ2n) is 6.95. The first-order chi connectivity index (χ1) is 15.4. The lowest BCUT2D eigenvalue weighted by Crippen LogP contribution is -2.11. The van der Waals surface area contributed by atoms with E-state index in [4.69, 9.17) is 0 Å². The van der Waals surface area contributed by atoms with Gasteiger partial charge in [-0.3, -0.25) is 9.55 Å². The topological polar surface area (TPSA) is 77.7 Å². The van der Waals surface area contributed by atoms with Gasteiger partial charge in [-0.2, -0.15) is 8.78 Å². The second kappa shape index (κ2) is 9.17. The van der Waals surface area contributed by atoms with Crippen molar-refractivity contribution in [2.45, 2.75) is 28.5 Å². The van der Waals surface area contributed by atoms with E-state index < -0.39 is 20.5 Å². The Labute approximate surface area is 188 Å². The molecule has 0 bridgehead atoms. The summed E-state index contributed by atoms with van der Waals surface area (Å²) >= 11 is 1.41. The number of halogens is 2. The highest BCUT2D eigenvalue weighted by Crippen LogP contribution is 2.30. The molecular weight excluding hydrogens is 454 g/mol. The zero-order valence-corrected chi connectivity index (χ0v) is 18.5. The smallest absolute Gasteiger partial charge is 0.270 e. The lowest BCUT2D eigenvalue weighted by Gasteiger charge is -2.11. The molecule has 2 aromatic carbocycles. The molecule has 0 unspecified atom stereocenters. The van der Waals surface area contributed by atoms with Gasteiger partial charge in [-0.15, -0.1) is 10.2 Å². The molecule has 0 aliphatic heterocycles. The van der Waals surface area contributed by atoms with E-state index in [-0.39, 0.29) is 0 Å². The van der Waals surface area contributed by atoms with E-state index in [1.54, 1.807) is 12.4 Å². The van der Waals surface area contributed by atoms with Crippen LogP contribution >= 0.6 is 11.8 Å². The van der Waals surface area contributed by atoms with Gasteiger partial charge in [0.25, 0.3) is 0 Å². The monoisotopic (exact) mass is 472 g/mol. The van der Waals surface area contributed by atoms with Crippen LogP contribution in [0.5, 0.6) is 0 Å². The number of alkyl halides is 2. The summed E-state index contributed by atoms with van der Waals surface area (Å²) in [5.74, 6) is -2.32. The molecule has 0 aliphatic carbocycles. The number of hydrogen-bond donors (Lipinski definition) is 0. The summed E-state index contributed by atoms with van der Waals surface area (Å²) < 4.78 is 50.6. The van der Waals surface area contributed by atoms with Crippen molar-refractivity contribution < 1.29 is 17.2 Å². The van der Waals surface area contributed by atoms with E-state index in [9.17, 15) is 17.2 Å². The predicted octanol–water partition coefficient (Wildman–Crippen LogP) is 4.93. The van der Waals surface area contributed by atoms with Crippen molar-refractivity contribution in [3.63, 3.8) is 0 Å². The molecule has 2 heterocycles. The van der Waals surface area contributed by atoms with Crippen LogP contribution in [0.15, 0.2) is 83.1 Å². The van der Waals surface area contributed by atoms with Gasteiger partial charge >= 0.3 is 5.76 Å². The maximum atomic E-state index is 12.7. The van der Waals surface area contributed by atoms with Crippen molar-refractivity contribution in [1.82, 2.24) is 19.7 Å². The molecule has 0 atom stereocenters. The Morgan fingerprint density at radius 2 is 1.59 bits per heavy atom. The molecule has 0 radical (unpaired) electrons. The van der Waals surface area contributed by atoms with Crippen LogP contribution in [-0.4, -0.2) is 33.9 Å². The van der Waals surface area contributed by atoms with Crippen LogP contribution in [-0.2, 0) is 15.6 Å². The van der Waals surface area contributed by atoms with Crippen LogP contribution in [0, 0.1) is 6.92 Å². The van der Waals surface area contributed by atoms with Crippen LogP contribution in [0.4, 0.5) is 8.78 Å². The second-order valence-corrected chi connectivity index (χ2v) is 9.81. The average molecular weight is 473 g/mol.